The van der Waals surface area contributed by atoms with Gasteiger partial charge in [-0.1, -0.05) is 36.4 Å². The van der Waals surface area contributed by atoms with E-state index in [1.807, 2.05) is 60.9 Å². The molecule has 0 aliphatic carbocycles. The van der Waals surface area contributed by atoms with Gasteiger partial charge in [0.1, 0.15) is 6.54 Å². The maximum absolute atomic E-state index is 12.5. The van der Waals surface area contributed by atoms with Gasteiger partial charge in [-0.25, -0.2) is 0 Å². The number of halogens is 1. The van der Waals surface area contributed by atoms with E-state index in [4.69, 9.17) is 0 Å². The number of rotatable bonds is 4. The number of anilines is 1. The Labute approximate surface area is 159 Å². The third kappa shape index (κ3) is 4.32. The Morgan fingerprint density at radius 2 is 2.00 bits per heavy atom. The van der Waals surface area contributed by atoms with E-state index in [1.165, 1.54) is 11.8 Å². The van der Waals surface area contributed by atoms with E-state index >= 15 is 0 Å². The second-order valence-electron chi connectivity index (χ2n) is 5.69. The summed E-state index contributed by atoms with van der Waals surface area (Å²) in [6, 6.07) is 15.3. The quantitative estimate of drug-likeness (QED) is 0.809. The summed E-state index contributed by atoms with van der Waals surface area (Å²) in [4.78, 5) is 26.4. The van der Waals surface area contributed by atoms with Crippen molar-refractivity contribution in [3.05, 3.63) is 69.5 Å². The van der Waals surface area contributed by atoms with E-state index in [-0.39, 0.29) is 18.4 Å². The first kappa shape index (κ1) is 17.8. The standard InChI is InChI=1S/C19H17BrN2O2S/c1-13-7-8-16(15(20)9-13)21-18(23)10-22-17(11-25-12-19(22)24)14-5-3-2-4-6-14/h2-9,11H,10,12H2,1H3,(H,21,23). The first-order valence-electron chi connectivity index (χ1n) is 7.78. The topological polar surface area (TPSA) is 49.4 Å². The lowest BCUT2D eigenvalue weighted by atomic mass is 10.1. The Morgan fingerprint density at radius 3 is 2.72 bits per heavy atom. The number of amides is 2. The zero-order chi connectivity index (χ0) is 17.8. The predicted octanol–water partition coefficient (Wildman–Crippen LogP) is 4.27. The van der Waals surface area contributed by atoms with E-state index in [2.05, 4.69) is 21.2 Å². The summed E-state index contributed by atoms with van der Waals surface area (Å²) in [6.07, 6.45) is 0. The van der Waals surface area contributed by atoms with Crippen LogP contribution in [0.1, 0.15) is 11.1 Å². The monoisotopic (exact) mass is 416 g/mol. The number of hydrogen-bond donors (Lipinski definition) is 1. The van der Waals surface area contributed by atoms with Gasteiger partial charge in [0.05, 0.1) is 17.1 Å². The fraction of sp³-hybridized carbons (Fsp3) is 0.158. The van der Waals surface area contributed by atoms with Crippen molar-refractivity contribution in [2.24, 2.45) is 0 Å². The molecule has 2 aromatic carbocycles. The summed E-state index contributed by atoms with van der Waals surface area (Å²) in [5.41, 5.74) is 3.48. The second-order valence-corrected chi connectivity index (χ2v) is 7.40. The summed E-state index contributed by atoms with van der Waals surface area (Å²) in [6.45, 7) is 1.97. The Balaban J connectivity index is 1.77. The van der Waals surface area contributed by atoms with E-state index in [1.54, 1.807) is 4.90 Å². The SMILES string of the molecule is Cc1ccc(NC(=O)CN2C(=O)CSC=C2c2ccccc2)c(Br)c1. The summed E-state index contributed by atoms with van der Waals surface area (Å²) < 4.78 is 0.820. The molecular formula is C19H17BrN2O2S. The van der Waals surface area contributed by atoms with Crippen LogP contribution in [-0.2, 0) is 9.59 Å². The normalized spacial score (nSPS) is 14.2. The minimum Gasteiger partial charge on any atom is -0.324 e. The molecule has 25 heavy (non-hydrogen) atoms. The molecule has 128 valence electrons. The molecular weight excluding hydrogens is 400 g/mol. The van der Waals surface area contributed by atoms with Gasteiger partial charge in [-0.15, -0.1) is 11.8 Å². The molecule has 1 N–H and O–H groups in total. The zero-order valence-corrected chi connectivity index (χ0v) is 16.1. The van der Waals surface area contributed by atoms with Crippen molar-refractivity contribution in [3.8, 4) is 0 Å². The van der Waals surface area contributed by atoms with Crippen LogP contribution in [0.2, 0.25) is 0 Å². The molecule has 3 rings (SSSR count). The lowest BCUT2D eigenvalue weighted by Crippen LogP contribution is -2.39. The van der Waals surface area contributed by atoms with Crippen molar-refractivity contribution in [2.75, 3.05) is 17.6 Å². The highest BCUT2D eigenvalue weighted by atomic mass is 79.9. The molecule has 1 aliphatic heterocycles. The maximum Gasteiger partial charge on any atom is 0.244 e. The van der Waals surface area contributed by atoms with Gasteiger partial charge in [0.2, 0.25) is 11.8 Å². The van der Waals surface area contributed by atoms with Crippen molar-refractivity contribution < 1.29 is 9.59 Å². The Morgan fingerprint density at radius 1 is 1.24 bits per heavy atom. The smallest absolute Gasteiger partial charge is 0.244 e. The Hall–Kier alpha value is -2.05. The predicted molar refractivity (Wildman–Crippen MR) is 106 cm³/mol. The summed E-state index contributed by atoms with van der Waals surface area (Å²) in [5.74, 6) is 0.0498. The number of thioether (sulfide) groups is 1. The Bertz CT molecular complexity index is 837. The lowest BCUT2D eigenvalue weighted by molar-refractivity contribution is -0.129. The molecule has 0 fully saturated rings. The molecule has 0 unspecified atom stereocenters. The number of hydrogen-bond acceptors (Lipinski definition) is 3. The molecule has 0 radical (unpaired) electrons. The number of carbonyl (C=O) groups is 2. The molecule has 0 saturated carbocycles. The zero-order valence-electron chi connectivity index (χ0n) is 13.7. The van der Waals surface area contributed by atoms with Gasteiger partial charge in [0.25, 0.3) is 0 Å². The number of benzene rings is 2. The first-order chi connectivity index (χ1) is 12.0. The van der Waals surface area contributed by atoms with Gasteiger partial charge >= 0.3 is 0 Å². The van der Waals surface area contributed by atoms with Crippen molar-refractivity contribution in [2.45, 2.75) is 6.92 Å². The van der Waals surface area contributed by atoms with E-state index < -0.39 is 0 Å². The molecule has 0 atom stereocenters. The molecule has 0 spiro atoms. The molecule has 6 heteroatoms. The third-order valence-corrected chi connectivity index (χ3v) is 5.22. The molecule has 0 saturated heterocycles. The largest absolute Gasteiger partial charge is 0.324 e. The van der Waals surface area contributed by atoms with Gasteiger partial charge in [0.15, 0.2) is 0 Å². The number of nitrogens with one attached hydrogen (secondary N) is 1. The van der Waals surface area contributed by atoms with Crippen LogP contribution in [-0.4, -0.2) is 29.0 Å². The van der Waals surface area contributed by atoms with Crippen molar-refractivity contribution in [1.29, 1.82) is 0 Å². The van der Waals surface area contributed by atoms with E-state index in [0.29, 0.717) is 11.4 Å². The van der Waals surface area contributed by atoms with Crippen molar-refractivity contribution in [1.82, 2.24) is 4.90 Å². The fourth-order valence-corrected chi connectivity index (χ4v) is 3.92. The molecule has 2 aromatic rings. The molecule has 4 nitrogen and oxygen atoms in total. The van der Waals surface area contributed by atoms with E-state index in [9.17, 15) is 9.59 Å². The van der Waals surface area contributed by atoms with Crippen LogP contribution in [0.25, 0.3) is 5.70 Å². The highest BCUT2D eigenvalue weighted by Crippen LogP contribution is 2.28. The van der Waals surface area contributed by atoms with Crippen LogP contribution in [0.3, 0.4) is 0 Å². The van der Waals surface area contributed by atoms with Crippen LogP contribution in [0.5, 0.6) is 0 Å². The lowest BCUT2D eigenvalue weighted by Gasteiger charge is -2.28. The van der Waals surface area contributed by atoms with Crippen molar-refractivity contribution in [3.63, 3.8) is 0 Å². The van der Waals surface area contributed by atoms with Gasteiger partial charge in [-0.05, 0) is 51.5 Å². The Kier molecular flexibility index (Phi) is 5.60. The highest BCUT2D eigenvalue weighted by molar-refractivity contribution is 9.10. The average molecular weight is 417 g/mol. The van der Waals surface area contributed by atoms with E-state index in [0.717, 1.165) is 21.3 Å². The van der Waals surface area contributed by atoms with Crippen LogP contribution in [0, 0.1) is 6.92 Å². The van der Waals surface area contributed by atoms with Crippen LogP contribution >= 0.6 is 27.7 Å². The van der Waals surface area contributed by atoms with Crippen LogP contribution < -0.4 is 5.32 Å². The van der Waals surface area contributed by atoms with Crippen LogP contribution in [0.15, 0.2) is 58.4 Å². The number of aryl methyl sites for hydroxylation is 1. The van der Waals surface area contributed by atoms with Gasteiger partial charge in [-0.2, -0.15) is 0 Å². The number of carbonyl (C=O) groups excluding carboxylic acids is 2. The van der Waals surface area contributed by atoms with Gasteiger partial charge < -0.3 is 10.2 Å². The van der Waals surface area contributed by atoms with Crippen molar-refractivity contribution >= 4 is 50.9 Å². The van der Waals surface area contributed by atoms with Gasteiger partial charge in [-0.3, -0.25) is 9.59 Å². The highest BCUT2D eigenvalue weighted by Gasteiger charge is 2.25. The molecule has 1 aliphatic rings. The van der Waals surface area contributed by atoms with Gasteiger partial charge in [0, 0.05) is 4.47 Å². The minimum atomic E-state index is -0.230. The average Bonchev–Trinajstić information content (AvgIpc) is 2.60. The molecule has 0 aromatic heterocycles. The maximum atomic E-state index is 12.5. The fourth-order valence-electron chi connectivity index (χ4n) is 2.53. The summed E-state index contributed by atoms with van der Waals surface area (Å²) in [5, 5.41) is 4.80. The minimum absolute atomic E-state index is 0.0135. The third-order valence-electron chi connectivity index (χ3n) is 3.76. The number of nitrogens with zero attached hydrogens (tertiary/aromatic N) is 1. The molecule has 1 heterocycles. The molecule has 0 bridgehead atoms. The molecule has 2 amide bonds. The summed E-state index contributed by atoms with van der Waals surface area (Å²) in [7, 11) is 0. The first-order valence-corrected chi connectivity index (χ1v) is 9.62. The second kappa shape index (κ2) is 7.89. The van der Waals surface area contributed by atoms with Crippen LogP contribution in [0.4, 0.5) is 5.69 Å². The summed E-state index contributed by atoms with van der Waals surface area (Å²) >= 11 is 4.90.